The van der Waals surface area contributed by atoms with E-state index in [1.165, 1.54) is 64.6 Å². The Balaban J connectivity index is 0.00000109. The summed E-state index contributed by atoms with van der Waals surface area (Å²) in [5.41, 5.74) is 25.4. The number of aromatic amines is 1. The molecule has 1 unspecified atom stereocenters. The summed E-state index contributed by atoms with van der Waals surface area (Å²) >= 11 is 8.70. The molecule has 8 amide bonds. The number of nitrogen functional groups attached to an aromatic ring is 1. The van der Waals surface area contributed by atoms with Crippen molar-refractivity contribution in [1.82, 2.24) is 66.7 Å². The van der Waals surface area contributed by atoms with Gasteiger partial charge in [-0.3, -0.25) is 48.1 Å². The molecule has 58 heteroatoms. The number of esters is 2. The van der Waals surface area contributed by atoms with Crippen molar-refractivity contribution in [1.29, 1.82) is 0 Å². The number of hydrogen-bond acceptors (Lipinski definition) is 46. The summed E-state index contributed by atoms with van der Waals surface area (Å²) in [6.07, 6.45) is -20.1. The molecule has 0 spiro atoms. The number of hydrogen-bond donors (Lipinski definition) is 20. The van der Waals surface area contributed by atoms with Gasteiger partial charge in [0.25, 0.3) is 11.8 Å². The molecule has 0 saturated carbocycles. The van der Waals surface area contributed by atoms with Crippen molar-refractivity contribution in [2.24, 2.45) is 28.9 Å². The number of aliphatic hydroxyl groups is 8. The first-order valence-corrected chi connectivity index (χ1v) is 46.8. The molecule has 129 heavy (non-hydrogen) atoms. The van der Waals surface area contributed by atoms with Crippen molar-refractivity contribution in [3.8, 4) is 10.7 Å². The van der Waals surface area contributed by atoms with E-state index in [1.54, 1.807) is 24.6 Å². The van der Waals surface area contributed by atoms with Gasteiger partial charge in [0.2, 0.25) is 35.2 Å². The number of H-pyrrole nitrogens is 1. The fraction of sp³-hybridized carbons (Fsp3) is 0.634. The molecule has 2 aliphatic heterocycles. The Morgan fingerprint density at radius 3 is 1.90 bits per heavy atom. The van der Waals surface area contributed by atoms with Gasteiger partial charge in [0.15, 0.2) is 18.7 Å². The van der Waals surface area contributed by atoms with E-state index in [9.17, 15) is 114 Å². The molecule has 2 fully saturated rings. The summed E-state index contributed by atoms with van der Waals surface area (Å²) < 4.78 is 48.6. The van der Waals surface area contributed by atoms with Crippen LogP contribution in [0.5, 0.6) is 0 Å². The molecule has 2 aliphatic rings. The Labute approximate surface area is 768 Å². The van der Waals surface area contributed by atoms with E-state index >= 15 is 4.79 Å². The van der Waals surface area contributed by atoms with Crippen LogP contribution in [0.15, 0.2) is 23.3 Å². The standard InChI is InChI=1S/C55H83N17O21S3.C10H19O6PS2.C6H9NO6.Fe/c1-20-33(69-46(72-44(20)58)25(12-31(57)76)64-13-24(56)45(59)82)50(86)71-35(41(26-14-61-19-65-26)91-54-43(39(80)37(78)29(15-73)90-54)92-53-40(81)42(93-55(60)88)38(79)30(16-74)89-53)51(87)66-22(3)36(77)21(2)47(83)70-34(23(4)75)49(85)63-10-8-32-67-28(18-94-32)52-68-27(17-95-52)48(84)62-9-7-11-96(5)6;1-5-15-9(11)7-8(10(12)16-6-2)19-17(18,13-3)14-4;8-4(9)1-7(2-5(10)11)3-6(12)13;/h14,17-19,21-25,29-30,34-43,53-54,64,73-75,77-81H,7-13,15-16,56H2,1-6H3,(H13-,57,58,59,60,61,62,63,65,66,69,70,71,72,76,82,83,84,85,86,87,88);8H,5-7H2,1-4H3;1-3H2,(H,8,9)(H,10,11)(H,12,13);/q;;;+3/p-2/t21-,22+,23+,24-,25-,29-,30+,34-,35-,36-,37+,38+,39-,40-,41-,42-,43-,53+,54-;;;/m0.../s1. The number of aromatic nitrogens is 6. The number of nitrogens with two attached hydrogens (primary N) is 5. The van der Waals surface area contributed by atoms with Gasteiger partial charge in [-0.05, 0) is 57.3 Å². The molecule has 6 rings (SSSR count). The van der Waals surface area contributed by atoms with Gasteiger partial charge in [0.1, 0.15) is 106 Å². The number of primary amides is 3. The molecule has 4 aromatic rings. The number of amides is 8. The van der Waals surface area contributed by atoms with Crippen LogP contribution in [0, 0.1) is 12.8 Å². The van der Waals surface area contributed by atoms with Gasteiger partial charge in [-0.25, -0.2) is 29.7 Å². The molecular formula is C71H109FeN18O33PS5+. The molecule has 25 N–H and O–H groups in total. The third-order valence-corrected chi connectivity index (χ3v) is 27.0. The molecule has 6 heterocycles. The third-order valence-electron chi connectivity index (χ3n) is 18.3. The monoisotopic (exact) mass is 1990 g/mol. The summed E-state index contributed by atoms with van der Waals surface area (Å²) in [7, 11) is 3.07. The van der Waals surface area contributed by atoms with Gasteiger partial charge >= 0.3 is 35.1 Å². The molecule has 4 aromatic heterocycles. The summed E-state index contributed by atoms with van der Waals surface area (Å²) in [6, 6.07) is -7.85. The second-order valence-electron chi connectivity index (χ2n) is 28.2. The van der Waals surface area contributed by atoms with E-state index < -0.39 is 243 Å². The van der Waals surface area contributed by atoms with Crippen LogP contribution >= 0.6 is 39.7 Å². The summed E-state index contributed by atoms with van der Waals surface area (Å²) in [5, 5.41) is 137. The summed E-state index contributed by atoms with van der Waals surface area (Å²) in [5.74, 6) is -13.4. The molecular weight excluding hydrogens is 1880 g/mol. The number of carbonyl (C=O) groups excluding carboxylic acids is 13. The molecule has 20 atom stereocenters. The normalized spacial score (nSPS) is 20.8. The maximum atomic E-state index is 15.2. The number of carboxylic acid groups (broad SMARTS) is 3. The van der Waals surface area contributed by atoms with Crippen LogP contribution < -0.4 is 75.9 Å². The van der Waals surface area contributed by atoms with Gasteiger partial charge in [-0.2, -0.15) is 0 Å². The number of aliphatic hydroxyl groups excluding tert-OH is 8. The molecule has 1 radical (unpaired) electrons. The Hall–Kier alpha value is -8.55. The smallest absolute Gasteiger partial charge is 0.549 e. The fourth-order valence-electron chi connectivity index (χ4n) is 11.6. The van der Waals surface area contributed by atoms with Crippen LogP contribution in [0.25, 0.3) is 10.7 Å². The van der Waals surface area contributed by atoms with Crippen LogP contribution in [0.1, 0.15) is 109 Å². The van der Waals surface area contributed by atoms with Crippen LogP contribution in [-0.4, -0.2) is 354 Å². The quantitative estimate of drug-likeness (QED) is 0.00487. The first-order chi connectivity index (χ1) is 60.2. The largest absolute Gasteiger partial charge is 3.00 e. The first kappa shape index (κ1) is 115. The van der Waals surface area contributed by atoms with E-state index in [0.29, 0.717) is 27.2 Å². The molecule has 0 aromatic carbocycles. The van der Waals surface area contributed by atoms with Crippen molar-refractivity contribution < 1.29 is 178 Å². The Bertz CT molecular complexity index is 4340. The average Bonchev–Trinajstić information content (AvgIpc) is 1.24. The van der Waals surface area contributed by atoms with E-state index in [4.69, 9.17) is 82.7 Å². The Morgan fingerprint density at radius 1 is 0.744 bits per heavy atom. The van der Waals surface area contributed by atoms with Crippen LogP contribution in [-0.2, 0) is 136 Å². The minimum Gasteiger partial charge on any atom is -0.549 e. The van der Waals surface area contributed by atoms with Gasteiger partial charge in [0, 0.05) is 89.1 Å². The van der Waals surface area contributed by atoms with Crippen molar-refractivity contribution in [2.75, 3.05) is 104 Å². The van der Waals surface area contributed by atoms with Crippen LogP contribution in [0.2, 0.25) is 0 Å². The second kappa shape index (κ2) is 56.4. The number of anilines is 1. The molecule has 723 valence electrons. The number of thiazole rings is 2. The number of imidazole rings is 1. The minimum atomic E-state index is -2.65. The maximum absolute atomic E-state index is 15.2. The van der Waals surface area contributed by atoms with Gasteiger partial charge in [0.05, 0.1) is 123 Å². The van der Waals surface area contributed by atoms with Crippen molar-refractivity contribution >= 4 is 146 Å². The summed E-state index contributed by atoms with van der Waals surface area (Å²) in [4.78, 5) is 185. The van der Waals surface area contributed by atoms with Crippen molar-refractivity contribution in [3.63, 3.8) is 0 Å². The number of carbonyl (C=O) groups is 13. The molecule has 0 bridgehead atoms. The minimum absolute atomic E-state index is 0. The molecule has 51 nitrogen and oxygen atoms in total. The zero-order chi connectivity index (χ0) is 96.3. The topological polar surface area (TPSA) is 822 Å². The number of ether oxygens (including phenoxy) is 7. The predicted molar refractivity (Wildman–Crippen MR) is 448 cm³/mol. The Kier molecular flexibility index (Phi) is 50.1. The van der Waals surface area contributed by atoms with E-state index in [0.717, 1.165) is 36.1 Å². The SMILES string of the molecule is CCOC(=O)CC(SP(=S)(OC)OC)C(=O)OCC.Cc1c(N)nc([C@H](CC(N)=O)NC[C@H](N)C(N)=O)nc1C(=O)N[C@H](C(=O)N[C@H](C)[C@@H](O)[C@H](C)C(=O)N[C@H](C(=O)NCCc1nc(-c2nc(C(=O)NCCC[S+](C)C)cs2)cs1)[C@@H](C)O)[C@@H](O[C@@H]1O[C@@H](CO)[C@@H](O)[C@H](O)[C@@H]1O[C@H]1O[C@H](CO)[C@@H](O)[C@H](OC(N)=O)[C@@H]1O)c1cnc[nH]1.O=C([O-])CN(CC(=O)[O-])CC(=O)[O-].[Fe+3]. The number of nitrogens with zero attached hydrogens (tertiary/aromatic N) is 6. The van der Waals surface area contributed by atoms with E-state index in [-0.39, 0.29) is 102 Å². The Morgan fingerprint density at radius 2 is 1.36 bits per heavy atom. The zero-order valence-corrected chi connectivity index (χ0v) is 77.2. The third kappa shape index (κ3) is 36.9. The van der Waals surface area contributed by atoms with Gasteiger partial charge in [-0.15, -0.1) is 22.7 Å². The number of rotatable bonds is 50. The van der Waals surface area contributed by atoms with Crippen molar-refractivity contribution in [2.45, 2.75) is 182 Å². The van der Waals surface area contributed by atoms with Gasteiger partial charge < -0.3 is 178 Å². The predicted octanol–water partition coefficient (Wildman–Crippen LogP) is -11.0. The van der Waals surface area contributed by atoms with Gasteiger partial charge in [-0.1, -0.05) is 18.3 Å². The van der Waals surface area contributed by atoms with Crippen molar-refractivity contribution in [3.05, 3.63) is 56.8 Å². The molecule has 2 saturated heterocycles. The summed E-state index contributed by atoms with van der Waals surface area (Å²) in [6.45, 7) is 4.66. The molecule has 0 aliphatic carbocycles. The second-order valence-corrected chi connectivity index (χ2v) is 39.0. The zero-order valence-electron chi connectivity index (χ0n) is 71.2. The van der Waals surface area contributed by atoms with E-state index in [1.807, 2.05) is 0 Å². The number of nitrogens with one attached hydrogen (secondary N) is 7. The van der Waals surface area contributed by atoms with Crippen LogP contribution in [0.4, 0.5) is 10.6 Å². The van der Waals surface area contributed by atoms with E-state index in [2.05, 4.69) is 74.3 Å². The average molecular weight is 1990 g/mol. The fourth-order valence-corrected chi connectivity index (χ4v) is 17.8. The first-order valence-electron chi connectivity index (χ1n) is 38.7. The maximum Gasteiger partial charge on any atom is 3.00 e. The van der Waals surface area contributed by atoms with Crippen LogP contribution in [0.3, 0.4) is 0 Å². The number of carboxylic acids is 3. The number of aliphatic carboxylic acids is 3.